The van der Waals surface area contributed by atoms with Crippen molar-refractivity contribution in [3.05, 3.63) is 59.7 Å². The highest BCUT2D eigenvalue weighted by Crippen LogP contribution is 2.38. The van der Waals surface area contributed by atoms with E-state index in [0.717, 1.165) is 12.2 Å². The van der Waals surface area contributed by atoms with Crippen LogP contribution in [0.1, 0.15) is 18.1 Å². The number of anilines is 3. The smallest absolute Gasteiger partial charge is 0.0497 e. The largest absolute Gasteiger partial charge is 0.399 e. The SMILES string of the molecule is CC1C=Cc2ccccc2N1c1cc(N)ccc1CN(C)C. The molecule has 3 heteroatoms. The zero-order valence-corrected chi connectivity index (χ0v) is 13.5. The molecule has 2 aromatic rings. The molecule has 114 valence electrons. The van der Waals surface area contributed by atoms with E-state index in [1.807, 2.05) is 6.07 Å². The fourth-order valence-electron chi connectivity index (χ4n) is 3.02. The number of fused-ring (bicyclic) bond motifs is 1. The van der Waals surface area contributed by atoms with E-state index in [2.05, 4.69) is 79.4 Å². The summed E-state index contributed by atoms with van der Waals surface area (Å²) in [5.41, 5.74) is 11.8. The van der Waals surface area contributed by atoms with Gasteiger partial charge in [0, 0.05) is 29.6 Å². The highest BCUT2D eigenvalue weighted by molar-refractivity contribution is 5.80. The lowest BCUT2D eigenvalue weighted by atomic mass is 10.0. The highest BCUT2D eigenvalue weighted by atomic mass is 15.2. The van der Waals surface area contributed by atoms with Crippen molar-refractivity contribution >= 4 is 23.1 Å². The van der Waals surface area contributed by atoms with Crippen LogP contribution >= 0.6 is 0 Å². The van der Waals surface area contributed by atoms with Gasteiger partial charge < -0.3 is 15.5 Å². The Morgan fingerprint density at radius 2 is 1.86 bits per heavy atom. The number of hydrogen-bond donors (Lipinski definition) is 1. The monoisotopic (exact) mass is 293 g/mol. The lowest BCUT2D eigenvalue weighted by Crippen LogP contribution is -2.30. The summed E-state index contributed by atoms with van der Waals surface area (Å²) in [5.74, 6) is 0. The number of nitrogens with zero attached hydrogens (tertiary/aromatic N) is 2. The van der Waals surface area contributed by atoms with Gasteiger partial charge in [-0.2, -0.15) is 0 Å². The van der Waals surface area contributed by atoms with Crippen molar-refractivity contribution in [3.8, 4) is 0 Å². The van der Waals surface area contributed by atoms with E-state index in [9.17, 15) is 0 Å². The normalized spacial score (nSPS) is 16.9. The van der Waals surface area contributed by atoms with Crippen LogP contribution in [0.15, 0.2) is 48.5 Å². The van der Waals surface area contributed by atoms with Gasteiger partial charge in [-0.15, -0.1) is 0 Å². The fourth-order valence-corrected chi connectivity index (χ4v) is 3.02. The van der Waals surface area contributed by atoms with E-state index >= 15 is 0 Å². The molecule has 0 spiro atoms. The summed E-state index contributed by atoms with van der Waals surface area (Å²) in [6.45, 7) is 3.11. The molecule has 0 saturated carbocycles. The van der Waals surface area contributed by atoms with Crippen LogP contribution in [0.3, 0.4) is 0 Å². The van der Waals surface area contributed by atoms with Gasteiger partial charge in [-0.1, -0.05) is 36.4 Å². The molecule has 1 aliphatic heterocycles. The molecule has 0 bridgehead atoms. The Morgan fingerprint density at radius 3 is 2.64 bits per heavy atom. The minimum atomic E-state index is 0.303. The topological polar surface area (TPSA) is 32.5 Å². The molecule has 3 nitrogen and oxygen atoms in total. The second-order valence-electron chi connectivity index (χ2n) is 6.15. The van der Waals surface area contributed by atoms with Gasteiger partial charge in [0.05, 0.1) is 0 Å². The highest BCUT2D eigenvalue weighted by Gasteiger charge is 2.22. The van der Waals surface area contributed by atoms with Crippen molar-refractivity contribution in [2.75, 3.05) is 24.7 Å². The van der Waals surface area contributed by atoms with Gasteiger partial charge in [0.2, 0.25) is 0 Å². The van der Waals surface area contributed by atoms with Gasteiger partial charge in [0.1, 0.15) is 0 Å². The van der Waals surface area contributed by atoms with Crippen molar-refractivity contribution in [3.63, 3.8) is 0 Å². The average molecular weight is 293 g/mol. The number of para-hydroxylation sites is 1. The van der Waals surface area contributed by atoms with Crippen molar-refractivity contribution in [2.24, 2.45) is 0 Å². The third kappa shape index (κ3) is 2.72. The zero-order chi connectivity index (χ0) is 15.7. The molecule has 0 amide bonds. The number of benzene rings is 2. The van der Waals surface area contributed by atoms with Gasteiger partial charge in [-0.05, 0) is 50.3 Å². The number of hydrogen-bond acceptors (Lipinski definition) is 3. The van der Waals surface area contributed by atoms with Gasteiger partial charge >= 0.3 is 0 Å². The average Bonchev–Trinajstić information content (AvgIpc) is 2.49. The first-order valence-electron chi connectivity index (χ1n) is 7.66. The van der Waals surface area contributed by atoms with Crippen molar-refractivity contribution in [1.82, 2.24) is 4.90 Å². The third-order valence-corrected chi connectivity index (χ3v) is 4.01. The molecule has 22 heavy (non-hydrogen) atoms. The van der Waals surface area contributed by atoms with Crippen LogP contribution in [-0.4, -0.2) is 25.0 Å². The van der Waals surface area contributed by atoms with Crippen molar-refractivity contribution in [1.29, 1.82) is 0 Å². The Kier molecular flexibility index (Phi) is 3.90. The summed E-state index contributed by atoms with van der Waals surface area (Å²) in [6.07, 6.45) is 4.44. The van der Waals surface area contributed by atoms with Crippen LogP contribution in [0, 0.1) is 0 Å². The Balaban J connectivity index is 2.13. The Hall–Kier alpha value is -2.26. The van der Waals surface area contributed by atoms with Crippen LogP contribution in [0.25, 0.3) is 6.08 Å². The van der Waals surface area contributed by atoms with Gasteiger partial charge in [-0.3, -0.25) is 0 Å². The summed E-state index contributed by atoms with van der Waals surface area (Å²) in [6, 6.07) is 15.0. The van der Waals surface area contributed by atoms with Crippen LogP contribution < -0.4 is 10.6 Å². The van der Waals surface area contributed by atoms with E-state index in [0.29, 0.717) is 6.04 Å². The van der Waals surface area contributed by atoms with Crippen LogP contribution in [-0.2, 0) is 6.54 Å². The first-order chi connectivity index (χ1) is 10.6. The summed E-state index contributed by atoms with van der Waals surface area (Å²) >= 11 is 0. The molecule has 0 saturated heterocycles. The Morgan fingerprint density at radius 1 is 1.09 bits per heavy atom. The molecule has 0 radical (unpaired) electrons. The van der Waals surface area contributed by atoms with Crippen molar-refractivity contribution in [2.45, 2.75) is 19.5 Å². The second kappa shape index (κ2) is 5.85. The second-order valence-corrected chi connectivity index (χ2v) is 6.15. The molecule has 3 rings (SSSR count). The molecule has 0 fully saturated rings. The first kappa shape index (κ1) is 14.7. The maximum absolute atomic E-state index is 6.07. The maximum atomic E-state index is 6.07. The quantitative estimate of drug-likeness (QED) is 0.872. The molecule has 1 aliphatic rings. The molecule has 0 aromatic heterocycles. The lowest BCUT2D eigenvalue weighted by molar-refractivity contribution is 0.402. The van der Waals surface area contributed by atoms with Gasteiger partial charge in [-0.25, -0.2) is 0 Å². The minimum absolute atomic E-state index is 0.303. The predicted molar refractivity (Wildman–Crippen MR) is 95.3 cm³/mol. The Labute approximate surface area is 132 Å². The standard InChI is InChI=1S/C19H23N3/c1-14-8-9-15-6-4-5-7-18(15)22(14)19-12-17(20)11-10-16(19)13-21(2)3/h4-12,14H,13,20H2,1-3H3. The van der Waals surface area contributed by atoms with Gasteiger partial charge in [0.15, 0.2) is 0 Å². The van der Waals surface area contributed by atoms with Crippen LogP contribution in [0.4, 0.5) is 17.1 Å². The maximum Gasteiger partial charge on any atom is 0.0497 e. The Bertz CT molecular complexity index is 704. The molecule has 0 aliphatic carbocycles. The number of nitrogen functional groups attached to an aromatic ring is 1. The molecular formula is C19H23N3. The van der Waals surface area contributed by atoms with E-state index in [4.69, 9.17) is 5.73 Å². The van der Waals surface area contributed by atoms with Crippen LogP contribution in [0.5, 0.6) is 0 Å². The van der Waals surface area contributed by atoms with E-state index in [1.165, 1.54) is 22.5 Å². The van der Waals surface area contributed by atoms with E-state index in [-0.39, 0.29) is 0 Å². The fraction of sp³-hybridized carbons (Fsp3) is 0.263. The lowest BCUT2D eigenvalue weighted by Gasteiger charge is -2.35. The molecule has 1 heterocycles. The number of rotatable bonds is 3. The summed E-state index contributed by atoms with van der Waals surface area (Å²) in [5, 5.41) is 0. The number of nitrogens with two attached hydrogens (primary N) is 1. The summed E-state index contributed by atoms with van der Waals surface area (Å²) in [7, 11) is 4.18. The predicted octanol–water partition coefficient (Wildman–Crippen LogP) is 3.88. The first-order valence-corrected chi connectivity index (χ1v) is 7.66. The molecule has 2 aromatic carbocycles. The zero-order valence-electron chi connectivity index (χ0n) is 13.5. The van der Waals surface area contributed by atoms with Gasteiger partial charge in [0.25, 0.3) is 0 Å². The van der Waals surface area contributed by atoms with Crippen molar-refractivity contribution < 1.29 is 0 Å². The minimum Gasteiger partial charge on any atom is -0.399 e. The van der Waals surface area contributed by atoms with Crippen LogP contribution in [0.2, 0.25) is 0 Å². The molecule has 2 N–H and O–H groups in total. The molecular weight excluding hydrogens is 270 g/mol. The summed E-state index contributed by atoms with van der Waals surface area (Å²) < 4.78 is 0. The van der Waals surface area contributed by atoms with E-state index in [1.54, 1.807) is 0 Å². The summed E-state index contributed by atoms with van der Waals surface area (Å²) in [4.78, 5) is 4.57. The molecule has 1 atom stereocenters. The van der Waals surface area contributed by atoms with E-state index < -0.39 is 0 Å². The molecule has 1 unspecified atom stereocenters. The third-order valence-electron chi connectivity index (χ3n) is 4.01.